The molecule has 1 fully saturated rings. The van der Waals surface area contributed by atoms with E-state index in [2.05, 4.69) is 41.0 Å². The molecule has 2 heterocycles. The highest BCUT2D eigenvalue weighted by Crippen LogP contribution is 2.30. The molecule has 3 N–H and O–H groups in total. The number of nitrogens with two attached hydrogens (primary N) is 1. The molecule has 2 aromatic carbocycles. The number of ether oxygens (including phenoxy) is 1. The normalized spacial score (nSPS) is 17.1. The Balaban J connectivity index is 1.47. The Morgan fingerprint density at radius 1 is 1.03 bits per heavy atom. The van der Waals surface area contributed by atoms with Gasteiger partial charge in [0, 0.05) is 36.8 Å². The van der Waals surface area contributed by atoms with Crippen molar-refractivity contribution in [2.45, 2.75) is 45.3 Å². The number of benzene rings is 2. The minimum Gasteiger partial charge on any atom is -0.457 e. The van der Waals surface area contributed by atoms with Crippen LogP contribution in [-0.2, 0) is 6.54 Å². The number of aromatic nitrogens is 2. The zero-order valence-electron chi connectivity index (χ0n) is 18.5. The molecule has 31 heavy (non-hydrogen) atoms. The van der Waals surface area contributed by atoms with Gasteiger partial charge in [-0.3, -0.25) is 4.90 Å². The van der Waals surface area contributed by atoms with Gasteiger partial charge in [0.1, 0.15) is 23.6 Å². The van der Waals surface area contributed by atoms with Crippen LogP contribution in [0.15, 0.2) is 60.9 Å². The van der Waals surface area contributed by atoms with Crippen LogP contribution in [0, 0.1) is 0 Å². The van der Waals surface area contributed by atoms with Gasteiger partial charge in [-0.15, -0.1) is 0 Å². The van der Waals surface area contributed by atoms with Crippen LogP contribution in [0.1, 0.15) is 32.9 Å². The van der Waals surface area contributed by atoms with E-state index >= 15 is 0 Å². The van der Waals surface area contributed by atoms with Crippen LogP contribution in [0.25, 0.3) is 11.1 Å². The van der Waals surface area contributed by atoms with Crippen LogP contribution >= 0.6 is 0 Å². The zero-order valence-corrected chi connectivity index (χ0v) is 18.5. The summed E-state index contributed by atoms with van der Waals surface area (Å²) < 4.78 is 5.90. The second kappa shape index (κ2) is 9.04. The van der Waals surface area contributed by atoms with Gasteiger partial charge in [-0.05, 0) is 57.0 Å². The highest BCUT2D eigenvalue weighted by molar-refractivity contribution is 5.76. The third-order valence-corrected chi connectivity index (χ3v) is 5.77. The molecule has 162 valence electrons. The van der Waals surface area contributed by atoms with Gasteiger partial charge in [0.05, 0.1) is 5.69 Å². The Kier molecular flexibility index (Phi) is 6.20. The van der Waals surface area contributed by atoms with Crippen molar-refractivity contribution in [3.8, 4) is 22.6 Å². The third kappa shape index (κ3) is 5.21. The molecule has 0 saturated carbocycles. The minimum atomic E-state index is 0.199. The average Bonchev–Trinajstić information content (AvgIpc) is 3.24. The van der Waals surface area contributed by atoms with Gasteiger partial charge in [-0.1, -0.05) is 30.3 Å². The van der Waals surface area contributed by atoms with Crippen molar-refractivity contribution in [2.24, 2.45) is 0 Å². The minimum absolute atomic E-state index is 0.199. The number of nitrogen functional groups attached to an aromatic ring is 1. The summed E-state index contributed by atoms with van der Waals surface area (Å²) in [5.74, 6) is 2.08. The largest absolute Gasteiger partial charge is 0.457 e. The molecule has 4 rings (SSSR count). The SMILES string of the molecule is CC(C)(C)N1CC[C@@H](NCc2ncnc(N)c2-c2ccc(Oc3ccccc3)cc2)C1. The summed E-state index contributed by atoms with van der Waals surface area (Å²) in [5, 5.41) is 3.67. The highest BCUT2D eigenvalue weighted by Gasteiger charge is 2.30. The maximum Gasteiger partial charge on any atom is 0.135 e. The van der Waals surface area contributed by atoms with Gasteiger partial charge >= 0.3 is 0 Å². The Bertz CT molecular complexity index is 999. The van der Waals surface area contributed by atoms with Crippen molar-refractivity contribution in [1.29, 1.82) is 0 Å². The molecule has 0 bridgehead atoms. The summed E-state index contributed by atoms with van der Waals surface area (Å²) >= 11 is 0. The van der Waals surface area contributed by atoms with Crippen LogP contribution in [-0.4, -0.2) is 39.5 Å². The second-order valence-corrected chi connectivity index (χ2v) is 9.00. The summed E-state index contributed by atoms with van der Waals surface area (Å²) in [6, 6.07) is 18.1. The monoisotopic (exact) mass is 417 g/mol. The first-order valence-electron chi connectivity index (χ1n) is 10.8. The van der Waals surface area contributed by atoms with E-state index in [0.29, 0.717) is 18.4 Å². The topological polar surface area (TPSA) is 76.3 Å². The quantitative estimate of drug-likeness (QED) is 0.616. The Morgan fingerprint density at radius 3 is 2.42 bits per heavy atom. The first kappa shape index (κ1) is 21.3. The summed E-state index contributed by atoms with van der Waals surface area (Å²) in [4.78, 5) is 11.3. The van der Waals surface area contributed by atoms with Crippen molar-refractivity contribution in [3.63, 3.8) is 0 Å². The molecule has 1 aromatic heterocycles. The van der Waals surface area contributed by atoms with E-state index < -0.39 is 0 Å². The fourth-order valence-electron chi connectivity index (χ4n) is 3.98. The molecule has 6 nitrogen and oxygen atoms in total. The smallest absolute Gasteiger partial charge is 0.135 e. The lowest BCUT2D eigenvalue weighted by atomic mass is 10.0. The highest BCUT2D eigenvalue weighted by atomic mass is 16.5. The fourth-order valence-corrected chi connectivity index (χ4v) is 3.98. The molecule has 0 unspecified atom stereocenters. The molecule has 6 heteroatoms. The number of para-hydroxylation sites is 1. The molecule has 0 aliphatic carbocycles. The number of hydrogen-bond acceptors (Lipinski definition) is 6. The summed E-state index contributed by atoms with van der Waals surface area (Å²) in [7, 11) is 0. The molecule has 0 spiro atoms. The predicted molar refractivity (Wildman–Crippen MR) is 125 cm³/mol. The first-order valence-corrected chi connectivity index (χ1v) is 10.8. The van der Waals surface area contributed by atoms with Crippen molar-refractivity contribution >= 4 is 5.82 Å². The van der Waals surface area contributed by atoms with Gasteiger partial charge in [-0.2, -0.15) is 0 Å². The maximum absolute atomic E-state index is 6.26. The van der Waals surface area contributed by atoms with E-state index in [1.165, 1.54) is 0 Å². The number of nitrogens with zero attached hydrogens (tertiary/aromatic N) is 3. The molecule has 0 amide bonds. The predicted octanol–water partition coefficient (Wildman–Crippen LogP) is 4.48. The van der Waals surface area contributed by atoms with Crippen molar-refractivity contribution in [2.75, 3.05) is 18.8 Å². The Labute approximate surface area is 184 Å². The van der Waals surface area contributed by atoms with Gasteiger partial charge in [0.15, 0.2) is 0 Å². The molecular weight excluding hydrogens is 386 g/mol. The summed E-state index contributed by atoms with van der Waals surface area (Å²) in [6.07, 6.45) is 2.68. The van der Waals surface area contributed by atoms with E-state index in [1.807, 2.05) is 54.6 Å². The average molecular weight is 418 g/mol. The molecule has 1 atom stereocenters. The molecule has 3 aromatic rings. The Hall–Kier alpha value is -2.96. The molecule has 0 radical (unpaired) electrons. The van der Waals surface area contributed by atoms with Gasteiger partial charge in [-0.25, -0.2) is 9.97 Å². The summed E-state index contributed by atoms with van der Waals surface area (Å²) in [5.41, 5.74) is 9.24. The van der Waals surface area contributed by atoms with Crippen molar-refractivity contribution in [1.82, 2.24) is 20.2 Å². The zero-order chi connectivity index (χ0) is 21.8. The number of anilines is 1. The lowest BCUT2D eigenvalue weighted by Crippen LogP contribution is -2.42. The Morgan fingerprint density at radius 2 is 1.74 bits per heavy atom. The van der Waals surface area contributed by atoms with E-state index in [4.69, 9.17) is 10.5 Å². The third-order valence-electron chi connectivity index (χ3n) is 5.77. The van der Waals surface area contributed by atoms with Crippen LogP contribution in [0.3, 0.4) is 0 Å². The number of likely N-dealkylation sites (tertiary alicyclic amines) is 1. The number of nitrogens with one attached hydrogen (secondary N) is 1. The van der Waals surface area contributed by atoms with Crippen LogP contribution in [0.4, 0.5) is 5.82 Å². The van der Waals surface area contributed by atoms with E-state index in [-0.39, 0.29) is 5.54 Å². The molecule has 1 saturated heterocycles. The lowest BCUT2D eigenvalue weighted by molar-refractivity contribution is 0.170. The van der Waals surface area contributed by atoms with Crippen LogP contribution < -0.4 is 15.8 Å². The van der Waals surface area contributed by atoms with Gasteiger partial charge in [0.25, 0.3) is 0 Å². The van der Waals surface area contributed by atoms with Crippen molar-refractivity contribution < 1.29 is 4.74 Å². The lowest BCUT2D eigenvalue weighted by Gasteiger charge is -2.31. The van der Waals surface area contributed by atoms with Crippen LogP contribution in [0.2, 0.25) is 0 Å². The molecular formula is C25H31N5O. The van der Waals surface area contributed by atoms with Crippen LogP contribution in [0.5, 0.6) is 11.5 Å². The van der Waals surface area contributed by atoms with E-state index in [9.17, 15) is 0 Å². The van der Waals surface area contributed by atoms with Gasteiger partial charge in [0.2, 0.25) is 0 Å². The second-order valence-electron chi connectivity index (χ2n) is 9.00. The standard InChI is InChI=1S/C25H31N5O/c1-25(2,3)30-14-13-19(16-30)27-15-22-23(24(26)29-17-28-22)18-9-11-21(12-10-18)31-20-7-5-4-6-8-20/h4-12,17,19,27H,13-16H2,1-3H3,(H2,26,28,29)/t19-/m1/s1. The van der Waals surface area contributed by atoms with E-state index in [0.717, 1.165) is 47.8 Å². The summed E-state index contributed by atoms with van der Waals surface area (Å²) in [6.45, 7) is 9.62. The first-order chi connectivity index (χ1) is 14.9. The number of rotatable bonds is 6. The van der Waals surface area contributed by atoms with Crippen molar-refractivity contribution in [3.05, 3.63) is 66.6 Å². The fraction of sp³-hybridized carbons (Fsp3) is 0.360. The van der Waals surface area contributed by atoms with E-state index in [1.54, 1.807) is 6.33 Å². The maximum atomic E-state index is 6.26. The van der Waals surface area contributed by atoms with Gasteiger partial charge < -0.3 is 15.8 Å². The number of hydrogen-bond donors (Lipinski definition) is 2. The molecule has 1 aliphatic heterocycles. The molecule has 1 aliphatic rings.